The van der Waals surface area contributed by atoms with Gasteiger partial charge in [-0.25, -0.2) is 9.98 Å². The van der Waals surface area contributed by atoms with Gasteiger partial charge in [-0.2, -0.15) is 0 Å². The first-order chi connectivity index (χ1) is 11.6. The maximum absolute atomic E-state index is 4.77. The van der Waals surface area contributed by atoms with Gasteiger partial charge in [0.2, 0.25) is 0 Å². The summed E-state index contributed by atoms with van der Waals surface area (Å²) in [5.41, 5.74) is 2.42. The first-order valence-electron chi connectivity index (χ1n) is 8.25. The van der Waals surface area contributed by atoms with Gasteiger partial charge >= 0.3 is 0 Å². The molecule has 0 fully saturated rings. The van der Waals surface area contributed by atoms with Gasteiger partial charge in [0, 0.05) is 40.4 Å². The van der Waals surface area contributed by atoms with Crippen molar-refractivity contribution in [3.63, 3.8) is 0 Å². The highest BCUT2D eigenvalue weighted by Crippen LogP contribution is 2.11. The minimum Gasteiger partial charge on any atom is -0.363 e. The Bertz CT molecular complexity index is 652. The van der Waals surface area contributed by atoms with Gasteiger partial charge in [-0.05, 0) is 30.2 Å². The monoisotopic (exact) mass is 325 g/mol. The molecule has 1 aromatic heterocycles. The lowest BCUT2D eigenvalue weighted by molar-refractivity contribution is 0.477. The lowest BCUT2D eigenvalue weighted by Gasteiger charge is -2.22. The quantitative estimate of drug-likeness (QED) is 0.655. The average molecular weight is 325 g/mol. The summed E-state index contributed by atoms with van der Waals surface area (Å²) < 4.78 is 0. The van der Waals surface area contributed by atoms with Crippen LogP contribution in [-0.2, 0) is 13.1 Å². The van der Waals surface area contributed by atoms with Crippen molar-refractivity contribution in [3.05, 3.63) is 59.8 Å². The topological polar surface area (TPSA) is 43.8 Å². The van der Waals surface area contributed by atoms with Crippen LogP contribution in [0.25, 0.3) is 0 Å². The Balaban J connectivity index is 2.08. The van der Waals surface area contributed by atoms with E-state index in [1.165, 1.54) is 5.56 Å². The Morgan fingerprint density at radius 2 is 1.83 bits per heavy atom. The van der Waals surface area contributed by atoms with Crippen molar-refractivity contribution in [2.75, 3.05) is 32.6 Å². The standard InChI is InChI=1S/C19H27N5/c1-5-20-19(24(4)15-16-9-7-6-8-10-16)22-14-17-11-12-21-18(13-17)23(2)3/h6-13H,5,14-15H2,1-4H3,(H,20,22). The van der Waals surface area contributed by atoms with E-state index in [0.717, 1.165) is 30.4 Å². The van der Waals surface area contributed by atoms with Crippen molar-refractivity contribution >= 4 is 11.8 Å². The lowest BCUT2D eigenvalue weighted by atomic mass is 10.2. The third kappa shape index (κ3) is 5.26. The van der Waals surface area contributed by atoms with E-state index in [-0.39, 0.29) is 0 Å². The summed E-state index contributed by atoms with van der Waals surface area (Å²) in [5.74, 6) is 1.86. The molecular weight excluding hydrogens is 298 g/mol. The number of pyridine rings is 1. The molecule has 0 spiro atoms. The number of guanidine groups is 1. The minimum absolute atomic E-state index is 0.630. The van der Waals surface area contributed by atoms with Crippen LogP contribution in [0, 0.1) is 0 Å². The fourth-order valence-corrected chi connectivity index (χ4v) is 2.37. The zero-order chi connectivity index (χ0) is 17.4. The summed E-state index contributed by atoms with van der Waals surface area (Å²) in [6, 6.07) is 14.5. The number of anilines is 1. The number of nitrogens with one attached hydrogen (secondary N) is 1. The summed E-state index contributed by atoms with van der Waals surface area (Å²) in [6.45, 7) is 4.39. The van der Waals surface area contributed by atoms with Gasteiger partial charge < -0.3 is 15.1 Å². The molecule has 0 bridgehead atoms. The number of rotatable bonds is 6. The molecule has 0 saturated heterocycles. The maximum Gasteiger partial charge on any atom is 0.194 e. The highest BCUT2D eigenvalue weighted by Gasteiger charge is 2.06. The van der Waals surface area contributed by atoms with Crippen LogP contribution < -0.4 is 10.2 Å². The summed E-state index contributed by atoms with van der Waals surface area (Å²) in [4.78, 5) is 13.3. The van der Waals surface area contributed by atoms with Crippen molar-refractivity contribution in [1.29, 1.82) is 0 Å². The molecule has 0 amide bonds. The number of nitrogens with zero attached hydrogens (tertiary/aromatic N) is 4. The van der Waals surface area contributed by atoms with Crippen molar-refractivity contribution in [2.45, 2.75) is 20.0 Å². The van der Waals surface area contributed by atoms with E-state index >= 15 is 0 Å². The van der Waals surface area contributed by atoms with Crippen LogP contribution in [0.2, 0.25) is 0 Å². The van der Waals surface area contributed by atoms with Gasteiger partial charge in [0.05, 0.1) is 6.54 Å². The molecule has 1 aromatic carbocycles. The fraction of sp³-hybridized carbons (Fsp3) is 0.368. The molecular formula is C19H27N5. The van der Waals surface area contributed by atoms with E-state index < -0.39 is 0 Å². The summed E-state index contributed by atoms with van der Waals surface area (Å²) in [7, 11) is 6.05. The molecule has 5 nitrogen and oxygen atoms in total. The van der Waals surface area contributed by atoms with Crippen LogP contribution in [0.3, 0.4) is 0 Å². The summed E-state index contributed by atoms with van der Waals surface area (Å²) in [5, 5.41) is 3.36. The van der Waals surface area contributed by atoms with E-state index in [0.29, 0.717) is 6.54 Å². The third-order valence-electron chi connectivity index (χ3n) is 3.64. The van der Waals surface area contributed by atoms with Crippen LogP contribution in [0.5, 0.6) is 0 Å². The predicted octanol–water partition coefficient (Wildman–Crippen LogP) is 2.75. The van der Waals surface area contributed by atoms with Gasteiger partial charge in [0.1, 0.15) is 5.82 Å². The van der Waals surface area contributed by atoms with Gasteiger partial charge in [-0.3, -0.25) is 0 Å². The minimum atomic E-state index is 0.630. The number of aromatic nitrogens is 1. The molecule has 24 heavy (non-hydrogen) atoms. The molecule has 1 N–H and O–H groups in total. The zero-order valence-electron chi connectivity index (χ0n) is 15.0. The smallest absolute Gasteiger partial charge is 0.194 e. The zero-order valence-corrected chi connectivity index (χ0v) is 15.0. The molecule has 128 valence electrons. The Kier molecular flexibility index (Phi) is 6.61. The average Bonchev–Trinajstić information content (AvgIpc) is 2.59. The SMILES string of the molecule is CCNC(=NCc1ccnc(N(C)C)c1)N(C)Cc1ccccc1. The predicted molar refractivity (Wildman–Crippen MR) is 101 cm³/mol. The van der Waals surface area contributed by atoms with E-state index in [1.54, 1.807) is 0 Å². The molecule has 0 saturated carbocycles. The van der Waals surface area contributed by atoms with Crippen LogP contribution in [0.15, 0.2) is 53.7 Å². The van der Waals surface area contributed by atoms with Crippen molar-refractivity contribution < 1.29 is 0 Å². The molecule has 0 aliphatic rings. The fourth-order valence-electron chi connectivity index (χ4n) is 2.37. The van der Waals surface area contributed by atoms with Crippen LogP contribution in [0.4, 0.5) is 5.82 Å². The molecule has 0 unspecified atom stereocenters. The summed E-state index contributed by atoms with van der Waals surface area (Å²) in [6.07, 6.45) is 1.83. The molecule has 0 atom stereocenters. The molecule has 2 rings (SSSR count). The van der Waals surface area contributed by atoms with E-state index in [2.05, 4.69) is 59.5 Å². The second-order valence-corrected chi connectivity index (χ2v) is 5.93. The lowest BCUT2D eigenvalue weighted by Crippen LogP contribution is -2.38. The van der Waals surface area contributed by atoms with Crippen LogP contribution in [0.1, 0.15) is 18.1 Å². The van der Waals surface area contributed by atoms with Crippen molar-refractivity contribution in [3.8, 4) is 0 Å². The highest BCUT2D eigenvalue weighted by molar-refractivity contribution is 5.79. The van der Waals surface area contributed by atoms with Crippen LogP contribution in [-0.4, -0.2) is 43.5 Å². The van der Waals surface area contributed by atoms with E-state index in [1.807, 2.05) is 37.3 Å². The Labute approximate surface area is 145 Å². The van der Waals surface area contributed by atoms with Crippen molar-refractivity contribution in [2.24, 2.45) is 4.99 Å². The Morgan fingerprint density at radius 3 is 2.50 bits per heavy atom. The molecule has 2 aromatic rings. The summed E-state index contributed by atoms with van der Waals surface area (Å²) >= 11 is 0. The van der Waals surface area contributed by atoms with Gasteiger partial charge in [-0.1, -0.05) is 30.3 Å². The van der Waals surface area contributed by atoms with Gasteiger partial charge in [0.15, 0.2) is 5.96 Å². The highest BCUT2D eigenvalue weighted by atomic mass is 15.3. The van der Waals surface area contributed by atoms with E-state index in [9.17, 15) is 0 Å². The van der Waals surface area contributed by atoms with E-state index in [4.69, 9.17) is 4.99 Å². The molecule has 5 heteroatoms. The molecule has 0 aliphatic heterocycles. The largest absolute Gasteiger partial charge is 0.363 e. The molecule has 0 radical (unpaired) electrons. The maximum atomic E-state index is 4.77. The molecule has 1 heterocycles. The van der Waals surface area contributed by atoms with Gasteiger partial charge in [-0.15, -0.1) is 0 Å². The first kappa shape index (κ1) is 17.8. The number of aliphatic imine (C=N–C) groups is 1. The second-order valence-electron chi connectivity index (χ2n) is 5.93. The third-order valence-corrected chi connectivity index (χ3v) is 3.64. The first-order valence-corrected chi connectivity index (χ1v) is 8.25. The second kappa shape index (κ2) is 8.91. The van der Waals surface area contributed by atoms with Gasteiger partial charge in [0.25, 0.3) is 0 Å². The Morgan fingerprint density at radius 1 is 1.08 bits per heavy atom. The number of hydrogen-bond acceptors (Lipinski definition) is 3. The number of hydrogen-bond donors (Lipinski definition) is 1. The Hall–Kier alpha value is -2.56. The van der Waals surface area contributed by atoms with Crippen LogP contribution >= 0.6 is 0 Å². The van der Waals surface area contributed by atoms with Crippen molar-refractivity contribution in [1.82, 2.24) is 15.2 Å². The normalized spacial score (nSPS) is 11.2. The number of benzene rings is 1. The molecule has 0 aliphatic carbocycles.